The summed E-state index contributed by atoms with van der Waals surface area (Å²) in [4.78, 5) is 35.1. The second kappa shape index (κ2) is 9.04. The molecule has 10 heteroatoms. The predicted octanol–water partition coefficient (Wildman–Crippen LogP) is 1.88. The van der Waals surface area contributed by atoms with E-state index in [0.29, 0.717) is 30.0 Å². The fraction of sp³-hybridized carbons (Fsp3) is 0.318. The van der Waals surface area contributed by atoms with Crippen molar-refractivity contribution in [2.75, 3.05) is 10.6 Å². The van der Waals surface area contributed by atoms with E-state index in [2.05, 4.69) is 32.7 Å². The Balaban J connectivity index is 1.42. The van der Waals surface area contributed by atoms with Gasteiger partial charge in [-0.05, 0) is 31.1 Å². The average Bonchev–Trinajstić information content (AvgIpc) is 3.58. The Labute approximate surface area is 184 Å². The van der Waals surface area contributed by atoms with Crippen molar-refractivity contribution < 1.29 is 19.1 Å². The molecule has 0 saturated heterocycles. The minimum absolute atomic E-state index is 0.00613. The largest absolute Gasteiger partial charge is 0.490 e. The predicted molar refractivity (Wildman–Crippen MR) is 117 cm³/mol. The van der Waals surface area contributed by atoms with Gasteiger partial charge in [-0.3, -0.25) is 14.4 Å². The molecule has 1 aromatic heterocycles. The van der Waals surface area contributed by atoms with Crippen LogP contribution < -0.4 is 26.4 Å². The summed E-state index contributed by atoms with van der Waals surface area (Å²) in [6.07, 6.45) is 4.38. The summed E-state index contributed by atoms with van der Waals surface area (Å²) < 4.78 is 5.97. The molecule has 10 nitrogen and oxygen atoms in total. The highest BCUT2D eigenvalue weighted by Crippen LogP contribution is 2.31. The smallest absolute Gasteiger partial charge is 0.271 e. The third-order valence-electron chi connectivity index (χ3n) is 5.27. The Morgan fingerprint density at radius 2 is 1.94 bits per heavy atom. The quantitative estimate of drug-likeness (QED) is 0.439. The highest BCUT2D eigenvalue weighted by atomic mass is 16.5. The van der Waals surface area contributed by atoms with Gasteiger partial charge in [-0.15, -0.1) is 10.2 Å². The van der Waals surface area contributed by atoms with Crippen molar-refractivity contribution in [1.29, 1.82) is 0 Å². The van der Waals surface area contributed by atoms with Crippen molar-refractivity contribution in [2.24, 2.45) is 11.7 Å². The van der Waals surface area contributed by atoms with Crippen molar-refractivity contribution in [2.45, 2.75) is 37.8 Å². The molecule has 0 unspecified atom stereocenters. The maximum atomic E-state index is 12.0. The maximum absolute atomic E-state index is 12.0. The number of nitrogens with one attached hydrogen (secondary N) is 3. The molecule has 0 radical (unpaired) electrons. The summed E-state index contributed by atoms with van der Waals surface area (Å²) in [5, 5.41) is 16.4. The summed E-state index contributed by atoms with van der Waals surface area (Å²) in [6, 6.07) is 8.82. The van der Waals surface area contributed by atoms with Crippen molar-refractivity contribution >= 4 is 34.9 Å². The summed E-state index contributed by atoms with van der Waals surface area (Å²) in [5.74, 6) is -0.162. The molecule has 3 amide bonds. The summed E-state index contributed by atoms with van der Waals surface area (Å²) >= 11 is 0. The molecule has 1 heterocycles. The number of aromatic nitrogens is 2. The van der Waals surface area contributed by atoms with E-state index in [9.17, 15) is 14.4 Å². The van der Waals surface area contributed by atoms with Crippen LogP contribution in [0.3, 0.4) is 0 Å². The van der Waals surface area contributed by atoms with E-state index in [1.807, 2.05) is 12.1 Å². The summed E-state index contributed by atoms with van der Waals surface area (Å²) in [5.41, 5.74) is 6.36. The molecule has 2 saturated carbocycles. The highest BCUT2D eigenvalue weighted by Gasteiger charge is 2.32. The van der Waals surface area contributed by atoms with Crippen LogP contribution in [-0.4, -0.2) is 40.1 Å². The van der Waals surface area contributed by atoms with E-state index in [1.165, 1.54) is 12.1 Å². The van der Waals surface area contributed by atoms with E-state index < -0.39 is 5.91 Å². The number of ether oxygens (including phenoxy) is 1. The number of nitrogens with two attached hydrogens (primary N) is 1. The fourth-order valence-electron chi connectivity index (χ4n) is 3.34. The zero-order chi connectivity index (χ0) is 22.7. The van der Waals surface area contributed by atoms with Crippen LogP contribution in [0.1, 0.15) is 36.2 Å². The number of primary amides is 1. The molecule has 0 atom stereocenters. The van der Waals surface area contributed by atoms with Crippen LogP contribution in [-0.2, 0) is 9.59 Å². The highest BCUT2D eigenvalue weighted by molar-refractivity contribution is 5.98. The van der Waals surface area contributed by atoms with Crippen LogP contribution in [0, 0.1) is 5.92 Å². The van der Waals surface area contributed by atoms with Crippen LogP contribution in [0.4, 0.5) is 17.2 Å². The molecule has 2 aliphatic carbocycles. The van der Waals surface area contributed by atoms with E-state index in [0.717, 1.165) is 12.8 Å². The first-order valence-electron chi connectivity index (χ1n) is 10.4. The van der Waals surface area contributed by atoms with E-state index in [4.69, 9.17) is 10.5 Å². The summed E-state index contributed by atoms with van der Waals surface area (Å²) in [6.45, 7) is 3.44. The first-order chi connectivity index (χ1) is 15.4. The maximum Gasteiger partial charge on any atom is 0.271 e. The van der Waals surface area contributed by atoms with Crippen LogP contribution in [0.25, 0.3) is 0 Å². The monoisotopic (exact) mass is 436 g/mol. The molecule has 1 aromatic carbocycles. The zero-order valence-corrected chi connectivity index (χ0v) is 17.3. The third-order valence-corrected chi connectivity index (χ3v) is 5.27. The van der Waals surface area contributed by atoms with Crippen molar-refractivity contribution in [3.63, 3.8) is 0 Å². The number of anilines is 3. The van der Waals surface area contributed by atoms with Gasteiger partial charge in [0, 0.05) is 42.6 Å². The molecule has 0 bridgehead atoms. The molecule has 4 rings (SSSR count). The number of nitrogens with zero attached hydrogens (tertiary/aromatic N) is 2. The first kappa shape index (κ1) is 21.3. The van der Waals surface area contributed by atoms with Gasteiger partial charge in [0.05, 0.1) is 5.69 Å². The topological polar surface area (TPSA) is 148 Å². The molecule has 0 aliphatic heterocycles. The van der Waals surface area contributed by atoms with Gasteiger partial charge in [-0.1, -0.05) is 12.6 Å². The van der Waals surface area contributed by atoms with Crippen LogP contribution in [0.15, 0.2) is 43.0 Å². The standard InChI is InChI=1S/C22H24N6O4/c1-2-19(29)25-14-9-16(10-14)32-15-5-3-4-13(8-15)24-17-11-18(26-22(31)12-6-7-12)27-28-20(17)21(23)30/h2-5,8,11-12,14,16H,1,6-7,9-10H2,(H2,23,30)(H,25,29)(H2,24,26,27,31). The van der Waals surface area contributed by atoms with E-state index >= 15 is 0 Å². The molecule has 2 fully saturated rings. The Morgan fingerprint density at radius 3 is 2.62 bits per heavy atom. The van der Waals surface area contributed by atoms with Gasteiger partial charge in [-0.2, -0.15) is 0 Å². The Kier molecular flexibility index (Phi) is 6.02. The molecule has 2 aliphatic rings. The van der Waals surface area contributed by atoms with Gasteiger partial charge in [0.15, 0.2) is 11.5 Å². The van der Waals surface area contributed by atoms with E-state index in [1.54, 1.807) is 12.1 Å². The third kappa shape index (κ3) is 5.20. The van der Waals surface area contributed by atoms with Crippen molar-refractivity contribution in [1.82, 2.24) is 15.5 Å². The number of hydrogen-bond acceptors (Lipinski definition) is 7. The number of carbonyl (C=O) groups is 3. The Morgan fingerprint density at radius 1 is 1.16 bits per heavy atom. The Bertz CT molecular complexity index is 1060. The van der Waals surface area contributed by atoms with Crippen molar-refractivity contribution in [3.8, 4) is 5.75 Å². The van der Waals surface area contributed by atoms with Gasteiger partial charge < -0.3 is 26.4 Å². The lowest BCUT2D eigenvalue weighted by molar-refractivity contribution is -0.118. The first-order valence-corrected chi connectivity index (χ1v) is 10.4. The molecule has 2 aromatic rings. The average molecular weight is 436 g/mol. The number of carbonyl (C=O) groups excluding carboxylic acids is 3. The SMILES string of the molecule is C=CC(=O)NC1CC(Oc2cccc(Nc3cc(NC(=O)C4CC4)nnc3C(N)=O)c2)C1. The fourth-order valence-corrected chi connectivity index (χ4v) is 3.34. The molecule has 0 spiro atoms. The van der Waals surface area contributed by atoms with Gasteiger partial charge in [0.25, 0.3) is 5.91 Å². The lowest BCUT2D eigenvalue weighted by atomic mass is 9.89. The minimum Gasteiger partial charge on any atom is -0.490 e. The molecule has 166 valence electrons. The number of benzene rings is 1. The second-order valence-corrected chi connectivity index (χ2v) is 7.89. The van der Waals surface area contributed by atoms with Crippen LogP contribution in [0.5, 0.6) is 5.75 Å². The molecular weight excluding hydrogens is 412 g/mol. The minimum atomic E-state index is -0.741. The molecule has 5 N–H and O–H groups in total. The second-order valence-electron chi connectivity index (χ2n) is 7.89. The van der Waals surface area contributed by atoms with Gasteiger partial charge in [-0.25, -0.2) is 0 Å². The van der Waals surface area contributed by atoms with Gasteiger partial charge >= 0.3 is 0 Å². The van der Waals surface area contributed by atoms with Crippen LogP contribution >= 0.6 is 0 Å². The van der Waals surface area contributed by atoms with Gasteiger partial charge in [0.1, 0.15) is 11.9 Å². The number of amides is 3. The Hall–Kier alpha value is -3.95. The lowest BCUT2D eigenvalue weighted by Gasteiger charge is -2.35. The summed E-state index contributed by atoms with van der Waals surface area (Å²) in [7, 11) is 0. The molecular formula is C22H24N6O4. The zero-order valence-electron chi connectivity index (χ0n) is 17.3. The lowest BCUT2D eigenvalue weighted by Crippen LogP contribution is -2.48. The van der Waals surface area contributed by atoms with Crippen molar-refractivity contribution in [3.05, 3.63) is 48.7 Å². The van der Waals surface area contributed by atoms with Crippen LogP contribution in [0.2, 0.25) is 0 Å². The molecule has 32 heavy (non-hydrogen) atoms. The number of rotatable bonds is 9. The van der Waals surface area contributed by atoms with E-state index in [-0.39, 0.29) is 41.4 Å². The normalized spacial score (nSPS) is 19.2. The number of hydrogen-bond donors (Lipinski definition) is 4. The van der Waals surface area contributed by atoms with Gasteiger partial charge in [0.2, 0.25) is 11.8 Å².